The summed E-state index contributed by atoms with van der Waals surface area (Å²) < 4.78 is 4.95. The molecule has 2 heterocycles. The van der Waals surface area contributed by atoms with Gasteiger partial charge in [-0.15, -0.1) is 0 Å². The van der Waals surface area contributed by atoms with Crippen LogP contribution >= 0.6 is 0 Å². The van der Waals surface area contributed by atoms with E-state index in [1.54, 1.807) is 0 Å². The minimum absolute atomic E-state index is 1.13. The van der Waals surface area contributed by atoms with E-state index in [0.29, 0.717) is 0 Å². The van der Waals surface area contributed by atoms with Gasteiger partial charge in [0.15, 0.2) is 8.07 Å². The molecular formula is C60H42N2Si. The quantitative estimate of drug-likeness (QED) is 0.107. The van der Waals surface area contributed by atoms with Crippen molar-refractivity contribution in [1.29, 1.82) is 0 Å². The molecule has 0 N–H and O–H groups in total. The Bertz CT molecular complexity index is 3570. The molecule has 3 heteroatoms. The van der Waals surface area contributed by atoms with E-state index in [1.807, 2.05) is 0 Å². The van der Waals surface area contributed by atoms with Crippen molar-refractivity contribution in [3.63, 3.8) is 0 Å². The van der Waals surface area contributed by atoms with E-state index in [4.69, 9.17) is 0 Å². The number of nitrogens with zero attached hydrogens (tertiary/aromatic N) is 2. The van der Waals surface area contributed by atoms with Crippen molar-refractivity contribution in [2.75, 3.05) is 0 Å². The average Bonchev–Trinajstić information content (AvgIpc) is 3.88. The van der Waals surface area contributed by atoms with E-state index in [1.165, 1.54) is 86.6 Å². The summed E-state index contributed by atoms with van der Waals surface area (Å²) in [5.41, 5.74) is 11.9. The number of aromatic nitrogens is 2. The molecule has 0 radical (unpaired) electrons. The Morgan fingerprint density at radius 2 is 0.714 bits per heavy atom. The molecule has 0 aliphatic rings. The van der Waals surface area contributed by atoms with Crippen molar-refractivity contribution in [2.24, 2.45) is 0 Å². The van der Waals surface area contributed by atoms with Gasteiger partial charge in [-0.3, -0.25) is 0 Å². The highest BCUT2D eigenvalue weighted by atomic mass is 28.3. The van der Waals surface area contributed by atoms with Crippen molar-refractivity contribution in [3.8, 4) is 33.6 Å². The Morgan fingerprint density at radius 3 is 1.41 bits per heavy atom. The summed E-state index contributed by atoms with van der Waals surface area (Å²) in [5.74, 6) is 0. The van der Waals surface area contributed by atoms with E-state index in [-0.39, 0.29) is 0 Å². The van der Waals surface area contributed by atoms with Crippen molar-refractivity contribution in [2.45, 2.75) is 0 Å². The Hall–Kier alpha value is -7.98. The molecule has 0 bridgehead atoms. The molecule has 63 heavy (non-hydrogen) atoms. The minimum Gasteiger partial charge on any atom is -0.309 e. The molecule has 0 unspecified atom stereocenters. The third-order valence-corrected chi connectivity index (χ3v) is 17.8. The van der Waals surface area contributed by atoms with Crippen LogP contribution in [-0.2, 0) is 0 Å². The Morgan fingerprint density at radius 1 is 0.254 bits per heavy atom. The van der Waals surface area contributed by atoms with Crippen LogP contribution < -0.4 is 20.7 Å². The first-order valence-corrected chi connectivity index (χ1v) is 23.8. The van der Waals surface area contributed by atoms with Crippen molar-refractivity contribution in [3.05, 3.63) is 255 Å². The lowest BCUT2D eigenvalue weighted by atomic mass is 9.99. The molecule has 12 aromatic rings. The molecular weight excluding hydrogens is 777 g/mol. The predicted octanol–water partition coefficient (Wildman–Crippen LogP) is 12.6. The van der Waals surface area contributed by atoms with Crippen LogP contribution in [0.25, 0.3) is 77.2 Å². The smallest absolute Gasteiger partial charge is 0.179 e. The highest BCUT2D eigenvalue weighted by Gasteiger charge is 2.42. The van der Waals surface area contributed by atoms with Gasteiger partial charge in [-0.1, -0.05) is 212 Å². The van der Waals surface area contributed by atoms with Gasteiger partial charge >= 0.3 is 0 Å². The maximum absolute atomic E-state index is 2.91. The van der Waals surface area contributed by atoms with Crippen molar-refractivity contribution in [1.82, 2.24) is 9.13 Å². The van der Waals surface area contributed by atoms with Gasteiger partial charge in [0, 0.05) is 32.9 Å². The predicted molar refractivity (Wildman–Crippen MR) is 270 cm³/mol. The molecule has 0 fully saturated rings. The highest BCUT2D eigenvalue weighted by molar-refractivity contribution is 7.20. The third-order valence-electron chi connectivity index (χ3n) is 13.1. The largest absolute Gasteiger partial charge is 0.309 e. The maximum atomic E-state index is 2.50. The van der Waals surface area contributed by atoms with Crippen LogP contribution in [0, 0.1) is 0 Å². The molecule has 0 amide bonds. The summed E-state index contributed by atoms with van der Waals surface area (Å²) in [6.45, 7) is 0. The fourth-order valence-corrected chi connectivity index (χ4v) is 15.2. The standard InChI is InChI=1S/C60H42N2Si/c1-5-20-43(21-6-1)45-24-17-30-50(40-45)63(48-26-9-3-10-27-48,49-28-11-4-12-29-49)51-31-18-25-46(41-51)62-56-35-15-13-32-53(56)54-39-38-47(42-59(54)62)61-57-36-16-14-33-55(57)60-52(34-19-37-58(60)61)44-22-7-2-8-23-44/h1-42H. The summed E-state index contributed by atoms with van der Waals surface area (Å²) >= 11 is 0. The van der Waals surface area contributed by atoms with Crippen molar-refractivity contribution < 1.29 is 0 Å². The van der Waals surface area contributed by atoms with Gasteiger partial charge in [-0.05, 0) is 85.5 Å². The summed E-state index contributed by atoms with van der Waals surface area (Å²) in [5, 5.41) is 10.4. The van der Waals surface area contributed by atoms with Crippen LogP contribution in [0.15, 0.2) is 255 Å². The maximum Gasteiger partial charge on any atom is 0.179 e. The fourth-order valence-electron chi connectivity index (χ4n) is 10.3. The van der Waals surface area contributed by atoms with Crippen LogP contribution in [0.2, 0.25) is 0 Å². The zero-order valence-corrected chi connectivity index (χ0v) is 35.6. The number of benzene rings is 10. The van der Waals surface area contributed by atoms with Crippen LogP contribution in [0.3, 0.4) is 0 Å². The van der Waals surface area contributed by atoms with E-state index in [9.17, 15) is 0 Å². The molecule has 0 aliphatic heterocycles. The fraction of sp³-hybridized carbons (Fsp3) is 0. The summed E-state index contributed by atoms with van der Waals surface area (Å²) in [6.07, 6.45) is 0. The SMILES string of the molecule is c1ccc(-c2cccc([Si](c3ccccc3)(c3ccccc3)c3cccc(-n4c5ccccc5c5ccc(-n6c7ccccc7c7c(-c8ccccc8)cccc76)cc54)c3)c2)cc1. The second kappa shape index (κ2) is 15.2. The van der Waals surface area contributed by atoms with Gasteiger partial charge in [0.1, 0.15) is 0 Å². The molecule has 10 aromatic carbocycles. The van der Waals surface area contributed by atoms with Crippen LogP contribution in [0.5, 0.6) is 0 Å². The minimum atomic E-state index is -2.91. The molecule has 2 aromatic heterocycles. The van der Waals surface area contributed by atoms with Crippen LogP contribution in [0.1, 0.15) is 0 Å². The lowest BCUT2D eigenvalue weighted by Crippen LogP contribution is -2.74. The molecule has 12 rings (SSSR count). The molecule has 0 saturated heterocycles. The first-order chi connectivity index (χ1) is 31.3. The summed E-state index contributed by atoms with van der Waals surface area (Å²) in [4.78, 5) is 0. The zero-order chi connectivity index (χ0) is 41.7. The van der Waals surface area contributed by atoms with Gasteiger partial charge in [-0.25, -0.2) is 0 Å². The third kappa shape index (κ3) is 5.93. The van der Waals surface area contributed by atoms with Gasteiger partial charge < -0.3 is 9.13 Å². The van der Waals surface area contributed by atoms with Gasteiger partial charge in [0.25, 0.3) is 0 Å². The number of rotatable bonds is 8. The monoisotopic (exact) mass is 818 g/mol. The number of fused-ring (bicyclic) bond motifs is 6. The van der Waals surface area contributed by atoms with Gasteiger partial charge in [0.2, 0.25) is 0 Å². The molecule has 0 atom stereocenters. The normalized spacial score (nSPS) is 11.8. The van der Waals surface area contributed by atoms with E-state index < -0.39 is 8.07 Å². The molecule has 0 spiro atoms. The Kier molecular flexibility index (Phi) is 8.87. The Labute approximate surface area is 368 Å². The number of para-hydroxylation sites is 2. The lowest BCUT2D eigenvalue weighted by Gasteiger charge is -2.35. The van der Waals surface area contributed by atoms with Crippen LogP contribution in [-0.4, -0.2) is 17.2 Å². The number of hydrogen-bond donors (Lipinski definition) is 0. The van der Waals surface area contributed by atoms with Crippen molar-refractivity contribution >= 4 is 72.4 Å². The summed E-state index contributed by atoms with van der Waals surface area (Å²) in [7, 11) is -2.91. The van der Waals surface area contributed by atoms with E-state index in [2.05, 4.69) is 264 Å². The molecule has 296 valence electrons. The Balaban J connectivity index is 1.12. The van der Waals surface area contributed by atoms with E-state index in [0.717, 1.165) is 11.4 Å². The average molecular weight is 819 g/mol. The second-order valence-electron chi connectivity index (χ2n) is 16.5. The molecule has 2 nitrogen and oxygen atoms in total. The lowest BCUT2D eigenvalue weighted by molar-refractivity contribution is 1.16. The highest BCUT2D eigenvalue weighted by Crippen LogP contribution is 2.40. The first kappa shape index (κ1) is 36.8. The van der Waals surface area contributed by atoms with Gasteiger partial charge in [-0.2, -0.15) is 0 Å². The second-order valence-corrected chi connectivity index (χ2v) is 20.3. The summed E-state index contributed by atoms with van der Waals surface area (Å²) in [6, 6.07) is 94.3. The van der Waals surface area contributed by atoms with E-state index >= 15 is 0 Å². The molecule has 0 saturated carbocycles. The number of hydrogen-bond acceptors (Lipinski definition) is 0. The topological polar surface area (TPSA) is 9.86 Å². The first-order valence-electron chi connectivity index (χ1n) is 21.8. The van der Waals surface area contributed by atoms with Gasteiger partial charge in [0.05, 0.1) is 22.1 Å². The molecule has 0 aliphatic carbocycles. The zero-order valence-electron chi connectivity index (χ0n) is 34.6. The van der Waals surface area contributed by atoms with Crippen LogP contribution in [0.4, 0.5) is 0 Å².